The van der Waals surface area contributed by atoms with Crippen LogP contribution < -0.4 is 11.2 Å². The second-order valence-electron chi connectivity index (χ2n) is 4.17. The lowest BCUT2D eigenvalue weighted by atomic mass is 10.2. The third-order valence-corrected chi connectivity index (χ3v) is 3.47. The molecule has 0 radical (unpaired) electrons. The minimum Gasteiger partial charge on any atom is -0.297 e. The molecule has 112 valence electrons. The van der Waals surface area contributed by atoms with Gasteiger partial charge in [-0.1, -0.05) is 23.2 Å². The molecule has 0 saturated heterocycles. The maximum Gasteiger partial charge on any atom is 0.416 e. The van der Waals surface area contributed by atoms with Crippen LogP contribution in [0, 0.1) is 6.92 Å². The first-order valence-corrected chi connectivity index (χ1v) is 6.27. The SMILES string of the molecule is Cc1c(Cl)[nH]c(=O)n(-c2ccc(C(F)(F)F)cc2Cl)c1=O. The Balaban J connectivity index is 2.73. The number of aromatic amines is 1. The summed E-state index contributed by atoms with van der Waals surface area (Å²) in [6.07, 6.45) is -4.57. The molecule has 0 saturated carbocycles. The van der Waals surface area contributed by atoms with E-state index >= 15 is 0 Å². The van der Waals surface area contributed by atoms with E-state index in [-0.39, 0.29) is 21.4 Å². The fraction of sp³-hybridized carbons (Fsp3) is 0.167. The molecule has 1 N–H and O–H groups in total. The van der Waals surface area contributed by atoms with Gasteiger partial charge in [0.15, 0.2) is 0 Å². The van der Waals surface area contributed by atoms with Gasteiger partial charge >= 0.3 is 11.9 Å². The minimum atomic E-state index is -4.57. The third-order valence-electron chi connectivity index (χ3n) is 2.79. The summed E-state index contributed by atoms with van der Waals surface area (Å²) in [6, 6.07) is 2.33. The molecule has 2 rings (SSSR count). The number of benzene rings is 1. The van der Waals surface area contributed by atoms with Crippen LogP contribution in [0.15, 0.2) is 27.8 Å². The number of nitrogens with zero attached hydrogens (tertiary/aromatic N) is 1. The molecule has 0 fully saturated rings. The van der Waals surface area contributed by atoms with Gasteiger partial charge in [-0.25, -0.2) is 9.36 Å². The van der Waals surface area contributed by atoms with Gasteiger partial charge in [0, 0.05) is 0 Å². The predicted molar refractivity (Wildman–Crippen MR) is 72.4 cm³/mol. The van der Waals surface area contributed by atoms with Crippen LogP contribution >= 0.6 is 23.2 Å². The predicted octanol–water partition coefficient (Wildman–Crippen LogP) is 3.16. The maximum atomic E-state index is 12.6. The summed E-state index contributed by atoms with van der Waals surface area (Å²) in [5.74, 6) is 0. The fourth-order valence-electron chi connectivity index (χ4n) is 1.68. The monoisotopic (exact) mass is 338 g/mol. The van der Waals surface area contributed by atoms with Gasteiger partial charge in [-0.3, -0.25) is 9.78 Å². The second kappa shape index (κ2) is 5.23. The Hall–Kier alpha value is -1.73. The summed E-state index contributed by atoms with van der Waals surface area (Å²) in [7, 11) is 0. The molecule has 21 heavy (non-hydrogen) atoms. The second-order valence-corrected chi connectivity index (χ2v) is 4.96. The summed E-state index contributed by atoms with van der Waals surface area (Å²) in [6.45, 7) is 1.37. The number of alkyl halides is 3. The largest absolute Gasteiger partial charge is 0.416 e. The molecule has 1 aromatic heterocycles. The molecule has 2 aromatic rings. The van der Waals surface area contributed by atoms with Crippen molar-refractivity contribution in [3.63, 3.8) is 0 Å². The topological polar surface area (TPSA) is 54.9 Å². The zero-order valence-electron chi connectivity index (χ0n) is 10.4. The van der Waals surface area contributed by atoms with Crippen molar-refractivity contribution in [2.45, 2.75) is 13.1 Å². The van der Waals surface area contributed by atoms with E-state index in [1.807, 2.05) is 0 Å². The average Bonchev–Trinajstić information content (AvgIpc) is 2.37. The molecule has 1 aromatic carbocycles. The Kier molecular flexibility index (Phi) is 3.90. The number of hydrogen-bond acceptors (Lipinski definition) is 2. The van der Waals surface area contributed by atoms with Gasteiger partial charge in [-0.2, -0.15) is 13.2 Å². The van der Waals surface area contributed by atoms with Gasteiger partial charge in [-0.15, -0.1) is 0 Å². The normalized spacial score (nSPS) is 11.7. The van der Waals surface area contributed by atoms with E-state index in [2.05, 4.69) is 4.98 Å². The molecule has 0 aliphatic carbocycles. The van der Waals surface area contributed by atoms with Gasteiger partial charge < -0.3 is 0 Å². The minimum absolute atomic E-state index is 0.0484. The van der Waals surface area contributed by atoms with Gasteiger partial charge in [0.25, 0.3) is 5.56 Å². The Morgan fingerprint density at radius 1 is 1.19 bits per heavy atom. The fourth-order valence-corrected chi connectivity index (χ4v) is 2.11. The first-order chi connectivity index (χ1) is 9.62. The Morgan fingerprint density at radius 2 is 1.81 bits per heavy atom. The number of rotatable bonds is 1. The lowest BCUT2D eigenvalue weighted by Gasteiger charge is -2.11. The molecular formula is C12H7Cl2F3N2O2. The van der Waals surface area contributed by atoms with Crippen molar-refractivity contribution in [3.05, 3.63) is 60.3 Å². The lowest BCUT2D eigenvalue weighted by Crippen LogP contribution is -2.35. The van der Waals surface area contributed by atoms with E-state index in [0.29, 0.717) is 10.6 Å². The van der Waals surface area contributed by atoms with Gasteiger partial charge in [0.2, 0.25) is 0 Å². The molecule has 0 amide bonds. The van der Waals surface area contributed by atoms with Crippen molar-refractivity contribution in [3.8, 4) is 5.69 Å². The van der Waals surface area contributed by atoms with Crippen LogP contribution in [0.25, 0.3) is 5.69 Å². The number of nitrogens with one attached hydrogen (secondary N) is 1. The number of halogens is 5. The number of aromatic nitrogens is 2. The molecule has 0 aliphatic rings. The summed E-state index contributed by atoms with van der Waals surface area (Å²) in [5.41, 5.74) is -2.74. The van der Waals surface area contributed by atoms with E-state index in [4.69, 9.17) is 23.2 Å². The van der Waals surface area contributed by atoms with Crippen molar-refractivity contribution in [2.24, 2.45) is 0 Å². The standard InChI is InChI=1S/C12H7Cl2F3N2O2/c1-5-9(14)18-11(21)19(10(5)20)8-3-2-6(4-7(8)13)12(15,16)17/h2-4H,1H3,(H,18,21). The van der Waals surface area contributed by atoms with Crippen LogP contribution in [0.4, 0.5) is 13.2 Å². The van der Waals surface area contributed by atoms with Crippen molar-refractivity contribution in [2.75, 3.05) is 0 Å². The molecule has 0 bridgehead atoms. The van der Waals surface area contributed by atoms with Crippen LogP contribution in [0.2, 0.25) is 10.2 Å². The summed E-state index contributed by atoms with van der Waals surface area (Å²) >= 11 is 11.4. The molecule has 0 aliphatic heterocycles. The molecule has 0 atom stereocenters. The zero-order chi connectivity index (χ0) is 15.9. The van der Waals surface area contributed by atoms with E-state index < -0.39 is 23.0 Å². The van der Waals surface area contributed by atoms with Gasteiger partial charge in [0.05, 0.1) is 21.8 Å². The third kappa shape index (κ3) is 2.84. The summed E-state index contributed by atoms with van der Waals surface area (Å²) in [5, 5.41) is -0.511. The van der Waals surface area contributed by atoms with Crippen LogP contribution in [0.3, 0.4) is 0 Å². The molecule has 4 nitrogen and oxygen atoms in total. The lowest BCUT2D eigenvalue weighted by molar-refractivity contribution is -0.137. The maximum absolute atomic E-state index is 12.6. The molecular weight excluding hydrogens is 332 g/mol. The molecule has 0 unspecified atom stereocenters. The van der Waals surface area contributed by atoms with Crippen LogP contribution in [0.1, 0.15) is 11.1 Å². The molecule has 1 heterocycles. The van der Waals surface area contributed by atoms with Crippen molar-refractivity contribution in [1.29, 1.82) is 0 Å². The highest BCUT2D eigenvalue weighted by Crippen LogP contribution is 2.32. The molecule has 9 heteroatoms. The first kappa shape index (κ1) is 15.7. The Bertz CT molecular complexity index is 825. The highest BCUT2D eigenvalue weighted by Gasteiger charge is 2.31. The Labute approximate surface area is 125 Å². The van der Waals surface area contributed by atoms with Gasteiger partial charge in [-0.05, 0) is 25.1 Å². The zero-order valence-corrected chi connectivity index (χ0v) is 11.9. The number of H-pyrrole nitrogens is 1. The van der Waals surface area contributed by atoms with Crippen molar-refractivity contribution in [1.82, 2.24) is 9.55 Å². The summed E-state index contributed by atoms with van der Waals surface area (Å²) < 4.78 is 38.3. The summed E-state index contributed by atoms with van der Waals surface area (Å²) in [4.78, 5) is 26.0. The van der Waals surface area contributed by atoms with Crippen molar-refractivity contribution >= 4 is 23.2 Å². The highest BCUT2D eigenvalue weighted by molar-refractivity contribution is 6.32. The van der Waals surface area contributed by atoms with Crippen molar-refractivity contribution < 1.29 is 13.2 Å². The van der Waals surface area contributed by atoms with E-state index in [0.717, 1.165) is 12.1 Å². The van der Waals surface area contributed by atoms with E-state index in [9.17, 15) is 22.8 Å². The van der Waals surface area contributed by atoms with Crippen LogP contribution in [0.5, 0.6) is 0 Å². The smallest absolute Gasteiger partial charge is 0.297 e. The number of hydrogen-bond donors (Lipinski definition) is 1. The first-order valence-electron chi connectivity index (χ1n) is 5.51. The highest BCUT2D eigenvalue weighted by atomic mass is 35.5. The van der Waals surface area contributed by atoms with E-state index in [1.165, 1.54) is 6.92 Å². The Morgan fingerprint density at radius 3 is 2.33 bits per heavy atom. The van der Waals surface area contributed by atoms with Crippen LogP contribution in [-0.4, -0.2) is 9.55 Å². The quantitative estimate of drug-likeness (QED) is 0.812. The van der Waals surface area contributed by atoms with Gasteiger partial charge in [0.1, 0.15) is 5.15 Å². The average molecular weight is 339 g/mol. The van der Waals surface area contributed by atoms with E-state index in [1.54, 1.807) is 0 Å². The van der Waals surface area contributed by atoms with Crippen LogP contribution in [-0.2, 0) is 6.18 Å². The molecule has 0 spiro atoms.